The smallest absolute Gasteiger partial charge is 0.131 e. The van der Waals surface area contributed by atoms with E-state index in [2.05, 4.69) is 29.2 Å². The van der Waals surface area contributed by atoms with E-state index in [1.807, 2.05) is 23.0 Å². The summed E-state index contributed by atoms with van der Waals surface area (Å²) in [5.41, 5.74) is 7.03. The molecule has 0 saturated heterocycles. The number of anilines is 2. The molecule has 94 valence electrons. The van der Waals surface area contributed by atoms with Crippen molar-refractivity contribution in [3.05, 3.63) is 36.3 Å². The normalized spacial score (nSPS) is 10.6. The van der Waals surface area contributed by atoms with Crippen LogP contribution in [0.1, 0.15) is 25.6 Å². The van der Waals surface area contributed by atoms with Crippen molar-refractivity contribution in [2.24, 2.45) is 5.73 Å². The van der Waals surface area contributed by atoms with Crippen LogP contribution in [0, 0.1) is 0 Å². The molecule has 6 heteroatoms. The van der Waals surface area contributed by atoms with Gasteiger partial charge in [0.25, 0.3) is 0 Å². The second kappa shape index (κ2) is 5.14. The Morgan fingerprint density at radius 3 is 2.83 bits per heavy atom. The first kappa shape index (κ1) is 12.5. The van der Waals surface area contributed by atoms with Crippen LogP contribution in [0.5, 0.6) is 0 Å². The Labute approximate surface area is 111 Å². The second-order valence-electron chi connectivity index (χ2n) is 4.20. The Hall–Kier alpha value is -1.95. The molecule has 0 saturated carbocycles. The number of pyridine rings is 1. The first-order valence-corrected chi connectivity index (χ1v) is 6.05. The standard InChI is InChI=1S/C12H15N5S/c1-8(2)17-7-9(6-14-17)15-11-5-3-4-10(16-11)12(13)18/h3-8H,1-2H3,(H2,13,18)(H,15,16). The molecule has 0 aliphatic heterocycles. The van der Waals surface area contributed by atoms with Gasteiger partial charge in [0.05, 0.1) is 17.6 Å². The van der Waals surface area contributed by atoms with Gasteiger partial charge in [0.2, 0.25) is 0 Å². The van der Waals surface area contributed by atoms with Gasteiger partial charge in [-0.2, -0.15) is 5.10 Å². The minimum atomic E-state index is 0.288. The van der Waals surface area contributed by atoms with Gasteiger partial charge in [0, 0.05) is 12.2 Å². The third kappa shape index (κ3) is 2.84. The highest BCUT2D eigenvalue weighted by Crippen LogP contribution is 2.15. The molecule has 0 aliphatic rings. The van der Waals surface area contributed by atoms with Crippen molar-refractivity contribution >= 4 is 28.7 Å². The summed E-state index contributed by atoms with van der Waals surface area (Å²) < 4.78 is 1.87. The fraction of sp³-hybridized carbons (Fsp3) is 0.250. The minimum Gasteiger partial charge on any atom is -0.388 e. The molecule has 0 amide bonds. The maximum absolute atomic E-state index is 5.54. The summed E-state index contributed by atoms with van der Waals surface area (Å²) in [5, 5.41) is 7.41. The van der Waals surface area contributed by atoms with Crippen LogP contribution in [0.2, 0.25) is 0 Å². The van der Waals surface area contributed by atoms with Gasteiger partial charge in [-0.15, -0.1) is 0 Å². The molecule has 0 spiro atoms. The average Bonchev–Trinajstić information content (AvgIpc) is 2.78. The zero-order valence-corrected chi connectivity index (χ0v) is 11.1. The molecular formula is C12H15N5S. The van der Waals surface area contributed by atoms with Gasteiger partial charge in [-0.3, -0.25) is 4.68 Å². The molecule has 0 radical (unpaired) electrons. The van der Waals surface area contributed by atoms with E-state index in [0.29, 0.717) is 17.6 Å². The minimum absolute atomic E-state index is 0.288. The molecule has 3 N–H and O–H groups in total. The van der Waals surface area contributed by atoms with Gasteiger partial charge < -0.3 is 11.1 Å². The van der Waals surface area contributed by atoms with Crippen LogP contribution < -0.4 is 11.1 Å². The Morgan fingerprint density at radius 2 is 2.22 bits per heavy atom. The molecule has 18 heavy (non-hydrogen) atoms. The van der Waals surface area contributed by atoms with Crippen molar-refractivity contribution in [1.29, 1.82) is 0 Å². The number of aromatic nitrogens is 3. The number of nitrogens with two attached hydrogens (primary N) is 1. The first-order valence-electron chi connectivity index (χ1n) is 5.64. The quantitative estimate of drug-likeness (QED) is 0.826. The molecule has 0 unspecified atom stereocenters. The molecule has 0 fully saturated rings. The summed E-state index contributed by atoms with van der Waals surface area (Å²) in [5.74, 6) is 0.698. The predicted molar refractivity (Wildman–Crippen MR) is 76.0 cm³/mol. The lowest BCUT2D eigenvalue weighted by atomic mass is 10.3. The SMILES string of the molecule is CC(C)n1cc(Nc2cccc(C(N)=S)n2)cn1. The van der Waals surface area contributed by atoms with Gasteiger partial charge in [-0.1, -0.05) is 18.3 Å². The number of hydrogen-bond acceptors (Lipinski definition) is 4. The summed E-state index contributed by atoms with van der Waals surface area (Å²) >= 11 is 4.90. The Bertz CT molecular complexity index is 561. The summed E-state index contributed by atoms with van der Waals surface area (Å²) in [7, 11) is 0. The lowest BCUT2D eigenvalue weighted by Gasteiger charge is -2.05. The van der Waals surface area contributed by atoms with Crippen LogP contribution in [-0.4, -0.2) is 19.8 Å². The molecule has 2 heterocycles. The van der Waals surface area contributed by atoms with Crippen molar-refractivity contribution in [3.8, 4) is 0 Å². The van der Waals surface area contributed by atoms with E-state index in [1.54, 1.807) is 12.3 Å². The molecule has 0 aromatic carbocycles. The van der Waals surface area contributed by atoms with Crippen molar-refractivity contribution in [2.75, 3.05) is 5.32 Å². The molecule has 0 bridgehead atoms. The predicted octanol–water partition coefficient (Wildman–Crippen LogP) is 2.24. The molecular weight excluding hydrogens is 246 g/mol. The molecule has 2 aromatic heterocycles. The zero-order valence-electron chi connectivity index (χ0n) is 10.3. The van der Waals surface area contributed by atoms with Crippen molar-refractivity contribution < 1.29 is 0 Å². The van der Waals surface area contributed by atoms with Crippen molar-refractivity contribution in [1.82, 2.24) is 14.8 Å². The van der Waals surface area contributed by atoms with E-state index in [9.17, 15) is 0 Å². The summed E-state index contributed by atoms with van der Waals surface area (Å²) in [6, 6.07) is 5.83. The summed E-state index contributed by atoms with van der Waals surface area (Å²) in [4.78, 5) is 4.60. The maximum Gasteiger partial charge on any atom is 0.131 e. The van der Waals surface area contributed by atoms with E-state index < -0.39 is 0 Å². The van der Waals surface area contributed by atoms with Crippen molar-refractivity contribution in [3.63, 3.8) is 0 Å². The van der Waals surface area contributed by atoms with E-state index in [0.717, 1.165) is 5.69 Å². The lowest BCUT2D eigenvalue weighted by molar-refractivity contribution is 0.532. The zero-order chi connectivity index (χ0) is 13.1. The number of thiocarbonyl (C=S) groups is 1. The highest BCUT2D eigenvalue weighted by atomic mass is 32.1. The van der Waals surface area contributed by atoms with Crippen LogP contribution >= 0.6 is 12.2 Å². The molecule has 2 rings (SSSR count). The van der Waals surface area contributed by atoms with Crippen LogP contribution in [0.4, 0.5) is 11.5 Å². The number of hydrogen-bond donors (Lipinski definition) is 2. The van der Waals surface area contributed by atoms with Gasteiger partial charge in [-0.25, -0.2) is 4.98 Å². The van der Waals surface area contributed by atoms with E-state index in [1.165, 1.54) is 0 Å². The fourth-order valence-electron chi connectivity index (χ4n) is 1.47. The molecule has 5 nitrogen and oxygen atoms in total. The van der Waals surface area contributed by atoms with Gasteiger partial charge in [0.1, 0.15) is 10.8 Å². The Kier molecular flexibility index (Phi) is 3.57. The maximum atomic E-state index is 5.54. The van der Waals surface area contributed by atoms with Gasteiger partial charge >= 0.3 is 0 Å². The summed E-state index contributed by atoms with van der Waals surface area (Å²) in [6.07, 6.45) is 3.69. The lowest BCUT2D eigenvalue weighted by Crippen LogP contribution is -2.12. The Morgan fingerprint density at radius 1 is 1.44 bits per heavy atom. The summed E-state index contributed by atoms with van der Waals surface area (Å²) in [6.45, 7) is 4.14. The number of nitrogens with one attached hydrogen (secondary N) is 1. The number of nitrogens with zero attached hydrogens (tertiary/aromatic N) is 3. The van der Waals surface area contributed by atoms with Crippen LogP contribution in [0.3, 0.4) is 0 Å². The highest BCUT2D eigenvalue weighted by Gasteiger charge is 2.04. The van der Waals surface area contributed by atoms with E-state index in [-0.39, 0.29) is 4.99 Å². The van der Waals surface area contributed by atoms with Crippen LogP contribution in [0.15, 0.2) is 30.6 Å². The molecule has 2 aromatic rings. The monoisotopic (exact) mass is 261 g/mol. The third-order valence-corrected chi connectivity index (χ3v) is 2.61. The first-order chi connectivity index (χ1) is 8.56. The largest absolute Gasteiger partial charge is 0.388 e. The van der Waals surface area contributed by atoms with Crippen LogP contribution in [-0.2, 0) is 0 Å². The van der Waals surface area contributed by atoms with E-state index in [4.69, 9.17) is 18.0 Å². The topological polar surface area (TPSA) is 68.8 Å². The average molecular weight is 261 g/mol. The van der Waals surface area contributed by atoms with Crippen LogP contribution in [0.25, 0.3) is 0 Å². The van der Waals surface area contributed by atoms with Crippen molar-refractivity contribution in [2.45, 2.75) is 19.9 Å². The van der Waals surface area contributed by atoms with E-state index >= 15 is 0 Å². The number of rotatable bonds is 4. The van der Waals surface area contributed by atoms with Gasteiger partial charge in [0.15, 0.2) is 0 Å². The molecule has 0 atom stereocenters. The van der Waals surface area contributed by atoms with Gasteiger partial charge in [-0.05, 0) is 26.0 Å². The second-order valence-corrected chi connectivity index (χ2v) is 4.64. The fourth-order valence-corrected chi connectivity index (χ4v) is 1.59. The third-order valence-electron chi connectivity index (χ3n) is 2.40. The highest BCUT2D eigenvalue weighted by molar-refractivity contribution is 7.80. The molecule has 0 aliphatic carbocycles. The Balaban J connectivity index is 2.17.